The Kier molecular flexibility index (Phi) is 7.93. The number of thioether (sulfide) groups is 1. The van der Waals surface area contributed by atoms with E-state index in [0.29, 0.717) is 40.5 Å². The number of thiophene rings is 1. The van der Waals surface area contributed by atoms with Crippen LogP contribution < -0.4 is 4.80 Å². The Hall–Kier alpha value is -1.99. The van der Waals surface area contributed by atoms with Crippen LogP contribution in [0, 0.1) is 5.92 Å². The van der Waals surface area contributed by atoms with E-state index < -0.39 is 21.9 Å². The third-order valence-electron chi connectivity index (χ3n) is 5.65. The Balaban J connectivity index is 1.65. The minimum atomic E-state index is -3.61. The first kappa shape index (κ1) is 25.1. The number of amides is 1. The van der Waals surface area contributed by atoms with E-state index in [9.17, 15) is 18.0 Å². The molecule has 0 radical (unpaired) electrons. The fourth-order valence-corrected chi connectivity index (χ4v) is 8.02. The molecule has 182 valence electrons. The summed E-state index contributed by atoms with van der Waals surface area (Å²) in [6.45, 7) is 1.19. The number of carbonyl (C=O) groups is 2. The van der Waals surface area contributed by atoms with E-state index >= 15 is 0 Å². The number of esters is 1. The van der Waals surface area contributed by atoms with Gasteiger partial charge in [-0.2, -0.15) is 21.1 Å². The second-order valence-corrected chi connectivity index (χ2v) is 12.9. The summed E-state index contributed by atoms with van der Waals surface area (Å²) in [5.41, 5.74) is 1.33. The van der Waals surface area contributed by atoms with Gasteiger partial charge in [-0.15, -0.1) is 11.3 Å². The molecule has 34 heavy (non-hydrogen) atoms. The number of methoxy groups -OCH3 is 1. The monoisotopic (exact) mass is 539 g/mol. The summed E-state index contributed by atoms with van der Waals surface area (Å²) >= 11 is 4.21. The van der Waals surface area contributed by atoms with Gasteiger partial charge in [0.15, 0.2) is 4.80 Å². The molecule has 3 heterocycles. The quantitative estimate of drug-likeness (QED) is 0.427. The van der Waals surface area contributed by atoms with Crippen molar-refractivity contribution in [3.8, 4) is 0 Å². The van der Waals surface area contributed by atoms with E-state index in [4.69, 9.17) is 4.74 Å². The third kappa shape index (κ3) is 5.15. The summed E-state index contributed by atoms with van der Waals surface area (Å²) in [5.74, 6) is -0.394. The number of ether oxygens (including phenoxy) is 1. The van der Waals surface area contributed by atoms with Crippen LogP contribution in [0.1, 0.15) is 23.2 Å². The van der Waals surface area contributed by atoms with E-state index in [0.717, 1.165) is 16.0 Å². The topological polar surface area (TPSA) is 98.0 Å². The van der Waals surface area contributed by atoms with Crippen LogP contribution in [0.4, 0.5) is 0 Å². The molecule has 0 bridgehead atoms. The van der Waals surface area contributed by atoms with Crippen LogP contribution in [-0.4, -0.2) is 61.4 Å². The summed E-state index contributed by atoms with van der Waals surface area (Å²) in [6, 6.07) is 8.60. The zero-order chi connectivity index (χ0) is 24.3. The van der Waals surface area contributed by atoms with Gasteiger partial charge < -0.3 is 9.30 Å². The summed E-state index contributed by atoms with van der Waals surface area (Å²) in [6.07, 6.45) is 3.22. The number of thiazole rings is 1. The van der Waals surface area contributed by atoms with Crippen LogP contribution >= 0.6 is 34.4 Å². The maximum Gasteiger partial charge on any atom is 0.337 e. The molecule has 4 rings (SSSR count). The van der Waals surface area contributed by atoms with Gasteiger partial charge in [0.2, 0.25) is 0 Å². The molecule has 2 aromatic heterocycles. The van der Waals surface area contributed by atoms with Crippen molar-refractivity contribution in [2.24, 2.45) is 10.9 Å². The first-order valence-corrected chi connectivity index (χ1v) is 15.2. The van der Waals surface area contributed by atoms with Crippen molar-refractivity contribution in [1.29, 1.82) is 0 Å². The molecule has 12 heteroatoms. The smallest absolute Gasteiger partial charge is 0.337 e. The van der Waals surface area contributed by atoms with Crippen molar-refractivity contribution in [3.05, 3.63) is 46.1 Å². The van der Waals surface area contributed by atoms with Crippen molar-refractivity contribution in [2.75, 3.05) is 32.2 Å². The molecule has 3 aromatic rings. The number of benzene rings is 1. The molecule has 0 saturated carbocycles. The lowest BCUT2D eigenvalue weighted by atomic mass is 9.99. The maximum atomic E-state index is 13.2. The van der Waals surface area contributed by atoms with Crippen LogP contribution in [0.3, 0.4) is 0 Å². The van der Waals surface area contributed by atoms with Gasteiger partial charge in [0.1, 0.15) is 4.21 Å². The molecule has 1 aliphatic rings. The first-order chi connectivity index (χ1) is 16.3. The fourth-order valence-electron chi connectivity index (χ4n) is 3.89. The maximum absolute atomic E-state index is 13.2. The molecule has 1 atom stereocenters. The normalized spacial score (nSPS) is 17.8. The first-order valence-electron chi connectivity index (χ1n) is 10.7. The second-order valence-electron chi connectivity index (χ2n) is 7.79. The van der Waals surface area contributed by atoms with Crippen molar-refractivity contribution < 1.29 is 22.7 Å². The molecule has 1 amide bonds. The minimum absolute atomic E-state index is 0.130. The molecular weight excluding hydrogens is 515 g/mol. The van der Waals surface area contributed by atoms with Gasteiger partial charge in [0.05, 0.1) is 28.8 Å². The molecule has 1 fully saturated rings. The van der Waals surface area contributed by atoms with E-state index in [-0.39, 0.29) is 12.5 Å². The number of nitrogens with zero attached hydrogens (tertiary/aromatic N) is 3. The van der Waals surface area contributed by atoms with E-state index in [1.54, 1.807) is 41.4 Å². The largest absolute Gasteiger partial charge is 0.465 e. The zero-order valence-electron chi connectivity index (χ0n) is 18.8. The Labute approximate surface area is 210 Å². The van der Waals surface area contributed by atoms with Crippen LogP contribution in [0.5, 0.6) is 0 Å². The molecule has 0 N–H and O–H groups in total. The average molecular weight is 540 g/mol. The number of carbonyl (C=O) groups excluding carboxylic acids is 2. The van der Waals surface area contributed by atoms with Gasteiger partial charge in [-0.3, -0.25) is 4.79 Å². The zero-order valence-corrected chi connectivity index (χ0v) is 22.1. The van der Waals surface area contributed by atoms with Gasteiger partial charge in [-0.05, 0) is 48.7 Å². The Morgan fingerprint density at radius 2 is 2.12 bits per heavy atom. The predicted octanol–water partition coefficient (Wildman–Crippen LogP) is 3.44. The lowest BCUT2D eigenvalue weighted by molar-refractivity contribution is -0.122. The minimum Gasteiger partial charge on any atom is -0.465 e. The number of rotatable bonds is 7. The number of hydrogen-bond acceptors (Lipinski definition) is 8. The fraction of sp³-hybridized carbons (Fsp3) is 0.409. The molecule has 1 aliphatic heterocycles. The summed E-state index contributed by atoms with van der Waals surface area (Å²) in [4.78, 5) is 30.1. The SMILES string of the molecule is COC(=O)c1ccc2c(c1)sc(=NC(=O)C1CCCN(S(=O)(=O)c3cccs3)C1)n2CCSC. The van der Waals surface area contributed by atoms with Crippen molar-refractivity contribution in [1.82, 2.24) is 8.87 Å². The van der Waals surface area contributed by atoms with E-state index in [1.165, 1.54) is 34.1 Å². The number of aryl methyl sites for hydroxylation is 1. The number of piperidine rings is 1. The van der Waals surface area contributed by atoms with Gasteiger partial charge in [0, 0.05) is 25.4 Å². The van der Waals surface area contributed by atoms with Gasteiger partial charge in [-0.25, -0.2) is 13.2 Å². The summed E-state index contributed by atoms with van der Waals surface area (Å²) in [5, 5.41) is 1.73. The van der Waals surface area contributed by atoms with Crippen molar-refractivity contribution in [3.63, 3.8) is 0 Å². The Bertz CT molecular complexity index is 1360. The molecule has 1 saturated heterocycles. The molecule has 1 unspecified atom stereocenters. The van der Waals surface area contributed by atoms with Crippen LogP contribution in [0.15, 0.2) is 44.9 Å². The highest BCUT2D eigenvalue weighted by Crippen LogP contribution is 2.27. The number of hydrogen-bond donors (Lipinski definition) is 0. The number of sulfonamides is 1. The van der Waals surface area contributed by atoms with Crippen LogP contribution in [0.25, 0.3) is 10.2 Å². The average Bonchev–Trinajstić information content (AvgIpc) is 3.50. The Morgan fingerprint density at radius 1 is 1.29 bits per heavy atom. The molecule has 8 nitrogen and oxygen atoms in total. The lowest BCUT2D eigenvalue weighted by Gasteiger charge is -2.29. The number of aromatic nitrogens is 1. The van der Waals surface area contributed by atoms with Crippen molar-refractivity contribution in [2.45, 2.75) is 23.6 Å². The standard InChI is InChI=1S/C22H25N3O5S4/c1-30-21(27)15-7-8-17-18(13-15)33-22(25(17)10-12-31-2)23-20(26)16-5-3-9-24(14-16)34(28,29)19-6-4-11-32-19/h4,6-8,11,13,16H,3,5,9-10,12,14H2,1-2H3. The van der Waals surface area contributed by atoms with Crippen LogP contribution in [-0.2, 0) is 26.1 Å². The highest BCUT2D eigenvalue weighted by atomic mass is 32.2. The Morgan fingerprint density at radius 3 is 2.82 bits per heavy atom. The van der Waals surface area contributed by atoms with Crippen LogP contribution in [0.2, 0.25) is 0 Å². The highest BCUT2D eigenvalue weighted by molar-refractivity contribution is 7.98. The molecule has 1 aromatic carbocycles. The molecule has 0 spiro atoms. The third-order valence-corrected chi connectivity index (χ3v) is 10.5. The predicted molar refractivity (Wildman–Crippen MR) is 136 cm³/mol. The van der Waals surface area contributed by atoms with Gasteiger partial charge in [0.25, 0.3) is 15.9 Å². The van der Waals surface area contributed by atoms with Gasteiger partial charge >= 0.3 is 5.97 Å². The highest BCUT2D eigenvalue weighted by Gasteiger charge is 2.33. The van der Waals surface area contributed by atoms with Gasteiger partial charge in [-0.1, -0.05) is 17.4 Å². The lowest BCUT2D eigenvalue weighted by Crippen LogP contribution is -2.42. The number of fused-ring (bicyclic) bond motifs is 1. The molecular formula is C22H25N3O5S4. The van der Waals surface area contributed by atoms with E-state index in [2.05, 4.69) is 4.99 Å². The summed E-state index contributed by atoms with van der Waals surface area (Å²) in [7, 11) is -2.27. The summed E-state index contributed by atoms with van der Waals surface area (Å²) < 4.78 is 35.2. The molecule has 0 aliphatic carbocycles. The van der Waals surface area contributed by atoms with Crippen molar-refractivity contribution >= 4 is 66.6 Å². The second kappa shape index (κ2) is 10.7. The van der Waals surface area contributed by atoms with E-state index in [1.807, 2.05) is 16.9 Å².